The van der Waals surface area contributed by atoms with Gasteiger partial charge in [0.2, 0.25) is 0 Å². The molecular formula is C31H34N8O3. The molecule has 1 aliphatic rings. The molecule has 11 nitrogen and oxygen atoms in total. The summed E-state index contributed by atoms with van der Waals surface area (Å²) in [6.45, 7) is 8.46. The maximum Gasteiger partial charge on any atom is 0.290 e. The number of likely N-dealkylation sites (N-methyl/N-ethyl adjacent to an activating group) is 1. The van der Waals surface area contributed by atoms with Gasteiger partial charge in [-0.2, -0.15) is 20.0 Å². The van der Waals surface area contributed by atoms with Crippen molar-refractivity contribution in [2.75, 3.05) is 18.9 Å². The number of benzene rings is 2. The van der Waals surface area contributed by atoms with E-state index in [0.717, 1.165) is 36.3 Å². The Morgan fingerprint density at radius 3 is 2.55 bits per heavy atom. The number of hydrogen-bond acceptors (Lipinski definition) is 8. The van der Waals surface area contributed by atoms with Crippen LogP contribution >= 0.6 is 0 Å². The predicted octanol–water partition coefficient (Wildman–Crippen LogP) is 3.32. The minimum Gasteiger partial charge on any atom is -0.392 e. The number of rotatable bonds is 5. The van der Waals surface area contributed by atoms with Gasteiger partial charge >= 0.3 is 0 Å². The van der Waals surface area contributed by atoms with E-state index in [4.69, 9.17) is 0 Å². The lowest BCUT2D eigenvalue weighted by Gasteiger charge is -2.22. The molecule has 0 bridgehead atoms. The van der Waals surface area contributed by atoms with Crippen LogP contribution in [0.25, 0.3) is 27.7 Å². The Kier molecular flexibility index (Phi) is 6.78. The maximum atomic E-state index is 13.6. The Bertz CT molecular complexity index is 1950. The van der Waals surface area contributed by atoms with E-state index in [1.807, 2.05) is 28.9 Å². The number of aromatic nitrogens is 6. The summed E-state index contributed by atoms with van der Waals surface area (Å²) in [6, 6.07) is 14.7. The average Bonchev–Trinajstić information content (AvgIpc) is 3.36. The van der Waals surface area contributed by atoms with Crippen LogP contribution in [-0.4, -0.2) is 52.9 Å². The molecule has 3 aromatic heterocycles. The molecule has 0 aliphatic carbocycles. The molecule has 11 heteroatoms. The van der Waals surface area contributed by atoms with Crippen LogP contribution in [0, 0.1) is 0 Å². The Morgan fingerprint density at radius 2 is 1.79 bits per heavy atom. The van der Waals surface area contributed by atoms with Gasteiger partial charge in [-0.3, -0.25) is 19.2 Å². The van der Waals surface area contributed by atoms with Gasteiger partial charge in [0.25, 0.3) is 11.1 Å². The van der Waals surface area contributed by atoms with Crippen molar-refractivity contribution in [2.24, 2.45) is 7.05 Å². The third-order valence-electron chi connectivity index (χ3n) is 7.78. The number of hydrogen-bond donors (Lipinski definition) is 2. The Labute approximate surface area is 242 Å². The van der Waals surface area contributed by atoms with Gasteiger partial charge in [-0.25, -0.2) is 4.68 Å². The lowest BCUT2D eigenvalue weighted by atomic mass is 9.86. The molecule has 0 amide bonds. The molecule has 5 aromatic rings. The smallest absolute Gasteiger partial charge is 0.290 e. The van der Waals surface area contributed by atoms with E-state index in [1.165, 1.54) is 9.36 Å². The van der Waals surface area contributed by atoms with Crippen LogP contribution in [0.2, 0.25) is 0 Å². The molecule has 42 heavy (non-hydrogen) atoms. The Balaban J connectivity index is 1.42. The second-order valence-corrected chi connectivity index (χ2v) is 11.9. The lowest BCUT2D eigenvalue weighted by molar-refractivity contribution is 0.259. The van der Waals surface area contributed by atoms with Crippen LogP contribution in [-0.2, 0) is 32.2 Å². The van der Waals surface area contributed by atoms with E-state index in [2.05, 4.69) is 53.3 Å². The molecule has 0 saturated carbocycles. The minimum atomic E-state index is -0.366. The van der Waals surface area contributed by atoms with Crippen LogP contribution in [0.3, 0.4) is 0 Å². The standard InChI is InChI=1S/C31H34N8O3/c1-31(2,3)20-9-10-22-19(13-20)16-32-39(29(22)41)27-8-6-7-23(24(27)18-40)25-15-26(30(42)37(5)34-25)33-28-14-21-17-36(4)11-12-38(21)35-28/h6-10,13-16,40H,11-12,17-18H2,1-5H3,(H,33,35). The van der Waals surface area contributed by atoms with Gasteiger partial charge in [-0.05, 0) is 42.3 Å². The molecule has 2 N–H and O–H groups in total. The molecule has 216 valence electrons. The zero-order chi connectivity index (χ0) is 29.8. The Hall–Kier alpha value is -4.61. The number of nitrogens with zero attached hydrogens (tertiary/aromatic N) is 7. The maximum absolute atomic E-state index is 13.6. The number of anilines is 2. The minimum absolute atomic E-state index is 0.0637. The monoisotopic (exact) mass is 566 g/mol. The molecule has 0 spiro atoms. The topological polar surface area (TPSA) is 123 Å². The second kappa shape index (κ2) is 10.3. The summed E-state index contributed by atoms with van der Waals surface area (Å²) in [7, 11) is 3.64. The normalized spacial score (nSPS) is 13.9. The van der Waals surface area contributed by atoms with E-state index < -0.39 is 0 Å². The van der Waals surface area contributed by atoms with Crippen LogP contribution in [0.1, 0.15) is 37.6 Å². The fraction of sp³-hybridized carbons (Fsp3) is 0.323. The third-order valence-corrected chi connectivity index (χ3v) is 7.78. The molecule has 0 atom stereocenters. The summed E-state index contributed by atoms with van der Waals surface area (Å²) in [4.78, 5) is 28.9. The molecular weight excluding hydrogens is 532 g/mol. The van der Waals surface area contributed by atoms with Crippen molar-refractivity contribution in [1.82, 2.24) is 34.2 Å². The van der Waals surface area contributed by atoms with Crippen LogP contribution in [0.15, 0.2) is 64.3 Å². The molecule has 4 heterocycles. The van der Waals surface area contributed by atoms with Crippen LogP contribution < -0.4 is 16.4 Å². The first kappa shape index (κ1) is 27.6. The molecule has 0 saturated heterocycles. The van der Waals surface area contributed by atoms with Gasteiger partial charge < -0.3 is 10.4 Å². The fourth-order valence-corrected chi connectivity index (χ4v) is 5.39. The molecule has 0 radical (unpaired) electrons. The summed E-state index contributed by atoms with van der Waals surface area (Å²) in [6.07, 6.45) is 1.68. The van der Waals surface area contributed by atoms with Gasteiger partial charge in [0.05, 0.1) is 41.8 Å². The van der Waals surface area contributed by atoms with Crippen molar-refractivity contribution < 1.29 is 5.11 Å². The zero-order valence-electron chi connectivity index (χ0n) is 24.4. The average molecular weight is 567 g/mol. The van der Waals surface area contributed by atoms with Crippen molar-refractivity contribution in [2.45, 2.75) is 45.9 Å². The summed E-state index contributed by atoms with van der Waals surface area (Å²) < 4.78 is 4.50. The fourth-order valence-electron chi connectivity index (χ4n) is 5.39. The quantitative estimate of drug-likeness (QED) is 0.332. The van der Waals surface area contributed by atoms with Crippen molar-refractivity contribution in [3.63, 3.8) is 0 Å². The largest absolute Gasteiger partial charge is 0.392 e. The van der Waals surface area contributed by atoms with Crippen molar-refractivity contribution >= 4 is 22.3 Å². The highest BCUT2D eigenvalue weighted by molar-refractivity contribution is 5.82. The number of aliphatic hydroxyl groups is 1. The van der Waals surface area contributed by atoms with Crippen LogP contribution in [0.5, 0.6) is 0 Å². The van der Waals surface area contributed by atoms with Crippen molar-refractivity contribution in [3.8, 4) is 16.9 Å². The first-order chi connectivity index (χ1) is 20.0. The van der Waals surface area contributed by atoms with E-state index in [9.17, 15) is 14.7 Å². The van der Waals surface area contributed by atoms with E-state index in [-0.39, 0.29) is 23.1 Å². The molecule has 1 aliphatic heterocycles. The highest BCUT2D eigenvalue weighted by Crippen LogP contribution is 2.29. The van der Waals surface area contributed by atoms with Gasteiger partial charge in [0.1, 0.15) is 5.69 Å². The summed E-state index contributed by atoms with van der Waals surface area (Å²) in [5.74, 6) is 0.576. The summed E-state index contributed by atoms with van der Waals surface area (Å²) in [5.41, 5.74) is 3.76. The lowest BCUT2D eigenvalue weighted by Crippen LogP contribution is -2.30. The van der Waals surface area contributed by atoms with Crippen molar-refractivity contribution in [3.05, 3.63) is 92.3 Å². The SMILES string of the molecule is CN1CCn2nc(Nc3cc(-c4cccc(-n5ncc6cc(C(C)(C)C)ccc6c5=O)c4CO)nn(C)c3=O)cc2C1. The molecule has 0 unspecified atom stereocenters. The highest BCUT2D eigenvalue weighted by Gasteiger charge is 2.20. The number of nitrogens with one attached hydrogen (secondary N) is 1. The summed E-state index contributed by atoms with van der Waals surface area (Å²) in [5, 5.41) is 28.6. The first-order valence-electron chi connectivity index (χ1n) is 13.9. The van der Waals surface area contributed by atoms with Gasteiger partial charge in [0.15, 0.2) is 5.82 Å². The highest BCUT2D eigenvalue weighted by atomic mass is 16.3. The summed E-state index contributed by atoms with van der Waals surface area (Å²) >= 11 is 0. The third kappa shape index (κ3) is 4.90. The first-order valence-corrected chi connectivity index (χ1v) is 13.9. The van der Waals surface area contributed by atoms with Crippen molar-refractivity contribution in [1.29, 1.82) is 0 Å². The molecule has 6 rings (SSSR count). The zero-order valence-corrected chi connectivity index (χ0v) is 24.4. The number of fused-ring (bicyclic) bond motifs is 2. The Morgan fingerprint density at radius 1 is 0.976 bits per heavy atom. The van der Waals surface area contributed by atoms with E-state index >= 15 is 0 Å². The predicted molar refractivity (Wildman–Crippen MR) is 162 cm³/mol. The van der Waals surface area contributed by atoms with Crippen LogP contribution in [0.4, 0.5) is 11.5 Å². The van der Waals surface area contributed by atoms with Gasteiger partial charge in [0, 0.05) is 42.7 Å². The number of aryl methyl sites for hydroxylation is 1. The van der Waals surface area contributed by atoms with Gasteiger partial charge in [-0.15, -0.1) is 0 Å². The van der Waals surface area contributed by atoms with E-state index in [1.54, 1.807) is 37.5 Å². The van der Waals surface area contributed by atoms with E-state index in [0.29, 0.717) is 39.4 Å². The number of aliphatic hydroxyl groups excluding tert-OH is 1. The molecule has 2 aromatic carbocycles. The molecule has 0 fully saturated rings. The van der Waals surface area contributed by atoms with Gasteiger partial charge in [-0.1, -0.05) is 39.0 Å². The second-order valence-electron chi connectivity index (χ2n) is 11.9.